The molecule has 0 fully saturated rings. The molecule has 0 aliphatic rings. The van der Waals surface area contributed by atoms with E-state index in [2.05, 4.69) is 10.5 Å². The first-order chi connectivity index (χ1) is 9.40. The van der Waals surface area contributed by atoms with Crippen LogP contribution in [0.3, 0.4) is 0 Å². The SMILES string of the molecule is CC(C#N)=NNc1c(C#N)cc([N+](=O)[O-])cc1[N+](=O)[O-]. The van der Waals surface area contributed by atoms with E-state index in [1.54, 1.807) is 12.1 Å². The van der Waals surface area contributed by atoms with Crippen molar-refractivity contribution in [3.05, 3.63) is 37.9 Å². The minimum atomic E-state index is -0.882. The van der Waals surface area contributed by atoms with Crippen LogP contribution in [0.15, 0.2) is 17.2 Å². The molecule has 10 heteroatoms. The lowest BCUT2D eigenvalue weighted by molar-refractivity contribution is -0.393. The van der Waals surface area contributed by atoms with Crippen molar-refractivity contribution >= 4 is 22.8 Å². The number of hydrogen-bond donors (Lipinski definition) is 1. The second kappa shape index (κ2) is 5.88. The van der Waals surface area contributed by atoms with Gasteiger partial charge >= 0.3 is 5.69 Å². The summed E-state index contributed by atoms with van der Waals surface area (Å²) in [5.41, 5.74) is 0.297. The van der Waals surface area contributed by atoms with Crippen molar-refractivity contribution in [2.24, 2.45) is 5.10 Å². The molecule has 0 saturated heterocycles. The van der Waals surface area contributed by atoms with Crippen LogP contribution in [0.5, 0.6) is 0 Å². The molecule has 0 aromatic heterocycles. The Morgan fingerprint density at radius 3 is 2.40 bits per heavy atom. The summed E-state index contributed by atoms with van der Waals surface area (Å²) in [6.07, 6.45) is 0. The molecule has 10 nitrogen and oxygen atoms in total. The molecule has 0 radical (unpaired) electrons. The average molecular weight is 274 g/mol. The van der Waals surface area contributed by atoms with Crippen LogP contribution in [0.2, 0.25) is 0 Å². The summed E-state index contributed by atoms with van der Waals surface area (Å²) in [6.45, 7) is 1.34. The average Bonchev–Trinajstić information content (AvgIpc) is 2.43. The van der Waals surface area contributed by atoms with Gasteiger partial charge in [0.1, 0.15) is 17.9 Å². The van der Waals surface area contributed by atoms with E-state index in [-0.39, 0.29) is 17.0 Å². The third-order valence-electron chi connectivity index (χ3n) is 2.13. The second-order valence-electron chi connectivity index (χ2n) is 3.43. The molecule has 1 N–H and O–H groups in total. The second-order valence-corrected chi connectivity index (χ2v) is 3.43. The molecule has 1 rings (SSSR count). The number of benzene rings is 1. The molecule has 0 atom stereocenters. The van der Waals surface area contributed by atoms with Crippen LogP contribution < -0.4 is 5.43 Å². The lowest BCUT2D eigenvalue weighted by Gasteiger charge is -2.04. The highest BCUT2D eigenvalue weighted by Gasteiger charge is 2.24. The van der Waals surface area contributed by atoms with Crippen LogP contribution in [-0.4, -0.2) is 15.6 Å². The maximum Gasteiger partial charge on any atom is 0.302 e. The first-order valence-electron chi connectivity index (χ1n) is 4.98. The number of rotatable bonds is 4. The highest BCUT2D eigenvalue weighted by molar-refractivity contribution is 5.97. The van der Waals surface area contributed by atoms with Crippen LogP contribution in [0, 0.1) is 42.9 Å². The van der Waals surface area contributed by atoms with Crippen molar-refractivity contribution in [3.63, 3.8) is 0 Å². The van der Waals surface area contributed by atoms with Crippen molar-refractivity contribution in [3.8, 4) is 12.1 Å². The summed E-state index contributed by atoms with van der Waals surface area (Å²) < 4.78 is 0. The molecular weight excluding hydrogens is 268 g/mol. The number of nitro groups is 2. The lowest BCUT2D eigenvalue weighted by atomic mass is 10.1. The molecule has 1 aromatic rings. The summed E-state index contributed by atoms with van der Waals surface area (Å²) in [5.74, 6) is 0. The molecule has 0 aliphatic carbocycles. The Morgan fingerprint density at radius 2 is 1.95 bits per heavy atom. The zero-order valence-electron chi connectivity index (χ0n) is 10.0. The molecule has 0 saturated carbocycles. The predicted octanol–water partition coefficient (Wildman–Crippen LogP) is 1.69. The van der Waals surface area contributed by atoms with Crippen molar-refractivity contribution in [1.29, 1.82) is 10.5 Å². The molecular formula is C10H6N6O4. The number of hydrazone groups is 1. The van der Waals surface area contributed by atoms with Gasteiger partial charge in [-0.15, -0.1) is 0 Å². The van der Waals surface area contributed by atoms with Crippen LogP contribution >= 0.6 is 0 Å². The van der Waals surface area contributed by atoms with Gasteiger partial charge in [-0.2, -0.15) is 15.6 Å². The van der Waals surface area contributed by atoms with E-state index in [9.17, 15) is 20.2 Å². The number of nitrogens with one attached hydrogen (secondary N) is 1. The zero-order valence-corrected chi connectivity index (χ0v) is 10.0. The minimum absolute atomic E-state index is 0.0264. The molecule has 20 heavy (non-hydrogen) atoms. The summed E-state index contributed by atoms with van der Waals surface area (Å²) in [5, 5.41) is 42.5. The summed E-state index contributed by atoms with van der Waals surface area (Å²) in [7, 11) is 0. The molecule has 0 aliphatic heterocycles. The first-order valence-corrected chi connectivity index (χ1v) is 4.98. The van der Waals surface area contributed by atoms with Crippen molar-refractivity contribution in [1.82, 2.24) is 0 Å². The summed E-state index contributed by atoms with van der Waals surface area (Å²) >= 11 is 0. The third-order valence-corrected chi connectivity index (χ3v) is 2.13. The highest BCUT2D eigenvalue weighted by atomic mass is 16.6. The third kappa shape index (κ3) is 3.02. The van der Waals surface area contributed by atoms with Gasteiger partial charge < -0.3 is 0 Å². The van der Waals surface area contributed by atoms with Gasteiger partial charge in [0.15, 0.2) is 5.69 Å². The van der Waals surface area contributed by atoms with Gasteiger partial charge in [-0.25, -0.2) is 0 Å². The Morgan fingerprint density at radius 1 is 1.30 bits per heavy atom. The summed E-state index contributed by atoms with van der Waals surface area (Å²) in [6, 6.07) is 4.87. The topological polar surface area (TPSA) is 158 Å². The number of nitro benzene ring substituents is 2. The van der Waals surface area contributed by atoms with Gasteiger partial charge in [0.25, 0.3) is 5.69 Å². The highest BCUT2D eigenvalue weighted by Crippen LogP contribution is 2.32. The first kappa shape index (κ1) is 14.5. The maximum absolute atomic E-state index is 10.9. The van der Waals surface area contributed by atoms with Gasteiger partial charge in [-0.05, 0) is 6.92 Å². The fraction of sp³-hybridized carbons (Fsp3) is 0.100. The molecule has 100 valence electrons. The van der Waals surface area contributed by atoms with Crippen LogP contribution in [-0.2, 0) is 0 Å². The van der Waals surface area contributed by atoms with Crippen molar-refractivity contribution in [2.75, 3.05) is 5.43 Å². The summed E-state index contributed by atoms with van der Waals surface area (Å²) in [4.78, 5) is 19.8. The monoisotopic (exact) mass is 274 g/mol. The van der Waals surface area contributed by atoms with E-state index in [0.717, 1.165) is 6.07 Å². The van der Waals surface area contributed by atoms with Crippen molar-refractivity contribution in [2.45, 2.75) is 6.92 Å². The fourth-order valence-electron chi connectivity index (χ4n) is 1.23. The van der Waals surface area contributed by atoms with E-state index >= 15 is 0 Å². The molecule has 0 amide bonds. The van der Waals surface area contributed by atoms with Gasteiger partial charge in [-0.3, -0.25) is 25.7 Å². The normalized spacial score (nSPS) is 10.2. The molecule has 0 heterocycles. The van der Waals surface area contributed by atoms with Gasteiger partial charge in [0.05, 0.1) is 21.5 Å². The zero-order chi connectivity index (χ0) is 15.3. The Hall–Kier alpha value is -3.53. The van der Waals surface area contributed by atoms with Gasteiger partial charge in [0, 0.05) is 6.07 Å². The Labute approximate surface area is 111 Å². The van der Waals surface area contributed by atoms with E-state index in [0.29, 0.717) is 6.07 Å². The number of hydrogen-bond acceptors (Lipinski definition) is 8. The van der Waals surface area contributed by atoms with E-state index in [4.69, 9.17) is 10.5 Å². The molecule has 0 bridgehead atoms. The predicted molar refractivity (Wildman–Crippen MR) is 66.8 cm³/mol. The molecule has 0 unspecified atom stereocenters. The van der Waals surface area contributed by atoms with Gasteiger partial charge in [-0.1, -0.05) is 0 Å². The maximum atomic E-state index is 10.9. The van der Waals surface area contributed by atoms with Crippen LogP contribution in [0.25, 0.3) is 0 Å². The van der Waals surface area contributed by atoms with Gasteiger partial charge in [0.2, 0.25) is 0 Å². The number of non-ortho nitro benzene ring substituents is 1. The standard InChI is InChI=1S/C10H6N6O4/c1-6(4-11)13-14-10-7(5-12)2-8(15(17)18)3-9(10)16(19)20/h2-3,14H,1H3. The Balaban J connectivity index is 3.49. The number of anilines is 1. The minimum Gasteiger partial charge on any atom is -0.270 e. The smallest absolute Gasteiger partial charge is 0.270 e. The molecule has 0 spiro atoms. The number of nitriles is 2. The Bertz CT molecular complexity index is 697. The van der Waals surface area contributed by atoms with E-state index < -0.39 is 21.2 Å². The van der Waals surface area contributed by atoms with Crippen molar-refractivity contribution < 1.29 is 9.85 Å². The molecule has 1 aromatic carbocycles. The fourth-order valence-corrected chi connectivity index (χ4v) is 1.23. The number of nitrogens with zero attached hydrogens (tertiary/aromatic N) is 5. The van der Waals surface area contributed by atoms with E-state index in [1.807, 2.05) is 0 Å². The largest absolute Gasteiger partial charge is 0.302 e. The van der Waals surface area contributed by atoms with Crippen LogP contribution in [0.1, 0.15) is 12.5 Å². The van der Waals surface area contributed by atoms with Crippen LogP contribution in [0.4, 0.5) is 17.1 Å². The lowest BCUT2D eigenvalue weighted by Crippen LogP contribution is -2.03. The quantitative estimate of drug-likeness (QED) is 0.496. The van der Waals surface area contributed by atoms with E-state index in [1.165, 1.54) is 6.92 Å². The Kier molecular flexibility index (Phi) is 4.27.